The molecule has 1 atom stereocenters. The van der Waals surface area contributed by atoms with Gasteiger partial charge in [0.1, 0.15) is 0 Å². The Morgan fingerprint density at radius 3 is 2.74 bits per heavy atom. The molecule has 0 saturated carbocycles. The third-order valence-electron chi connectivity index (χ3n) is 6.33. The van der Waals surface area contributed by atoms with Crippen molar-refractivity contribution >= 4 is 12.0 Å². The number of rotatable bonds is 3. The van der Waals surface area contributed by atoms with Crippen molar-refractivity contribution in [1.29, 1.82) is 0 Å². The maximum absolute atomic E-state index is 13.5. The summed E-state index contributed by atoms with van der Waals surface area (Å²) >= 11 is 0. The molecule has 2 fully saturated rings. The fraction of sp³-hybridized carbons (Fsp3) is 0.522. The van der Waals surface area contributed by atoms with Crippen LogP contribution in [0, 0.1) is 0 Å². The number of amides is 2. The van der Waals surface area contributed by atoms with Gasteiger partial charge in [-0.05, 0) is 30.4 Å². The summed E-state index contributed by atoms with van der Waals surface area (Å²) in [6, 6.07) is 10.5. The highest BCUT2D eigenvalue weighted by molar-refractivity contribution is 5.75. The van der Waals surface area contributed by atoms with Gasteiger partial charge in [-0.1, -0.05) is 30.3 Å². The van der Waals surface area contributed by atoms with Gasteiger partial charge in [0.2, 0.25) is 5.95 Å². The Bertz CT molecular complexity index is 903. The molecule has 2 amide bonds. The molecule has 3 aliphatic rings. The fourth-order valence-corrected chi connectivity index (χ4v) is 4.53. The number of nitrogens with one attached hydrogen (secondary N) is 1. The van der Waals surface area contributed by atoms with Gasteiger partial charge in [0.15, 0.2) is 0 Å². The summed E-state index contributed by atoms with van der Waals surface area (Å²) < 4.78 is 11.1. The Kier molecular flexibility index (Phi) is 5.99. The van der Waals surface area contributed by atoms with Crippen LogP contribution < -0.4 is 5.32 Å². The highest BCUT2D eigenvalue weighted by Crippen LogP contribution is 2.27. The quantitative estimate of drug-likeness (QED) is 0.818. The summed E-state index contributed by atoms with van der Waals surface area (Å²) in [7, 11) is 0. The zero-order chi connectivity index (χ0) is 21.0. The average Bonchev–Trinajstić information content (AvgIpc) is 2.84. The van der Waals surface area contributed by atoms with Crippen molar-refractivity contribution in [2.45, 2.75) is 37.9 Å². The van der Waals surface area contributed by atoms with E-state index in [1.54, 1.807) is 0 Å². The van der Waals surface area contributed by atoms with E-state index in [1.165, 1.54) is 0 Å². The number of hydrogen-bond acceptors (Lipinski definition) is 6. The number of carbonyl (C=O) groups excluding carboxylic acids is 1. The number of anilines is 1. The Balaban J connectivity index is 1.29. The molecule has 0 spiro atoms. The van der Waals surface area contributed by atoms with Gasteiger partial charge in [0.05, 0.1) is 31.5 Å². The first-order valence-electron chi connectivity index (χ1n) is 11.2. The maximum atomic E-state index is 13.5. The van der Waals surface area contributed by atoms with Gasteiger partial charge >= 0.3 is 6.03 Å². The SMILES string of the molecule is O=C(N1CCc2cnc(NC3CCOCC3)nc2C1)N1CCOCC1c1ccccc1. The summed E-state index contributed by atoms with van der Waals surface area (Å²) in [6.45, 7) is 4.43. The van der Waals surface area contributed by atoms with Crippen LogP contribution in [0.3, 0.4) is 0 Å². The summed E-state index contributed by atoms with van der Waals surface area (Å²) in [4.78, 5) is 26.6. The van der Waals surface area contributed by atoms with Crippen molar-refractivity contribution in [2.24, 2.45) is 0 Å². The Morgan fingerprint density at radius 2 is 1.90 bits per heavy atom. The average molecular weight is 424 g/mol. The summed E-state index contributed by atoms with van der Waals surface area (Å²) in [6.07, 6.45) is 4.61. The third-order valence-corrected chi connectivity index (χ3v) is 6.33. The number of aromatic nitrogens is 2. The van der Waals surface area contributed by atoms with Gasteiger partial charge in [0.25, 0.3) is 0 Å². The minimum absolute atomic E-state index is 0.0556. The van der Waals surface area contributed by atoms with E-state index in [4.69, 9.17) is 14.5 Å². The van der Waals surface area contributed by atoms with E-state index in [9.17, 15) is 4.79 Å². The highest BCUT2D eigenvalue weighted by Gasteiger charge is 2.33. The number of morpholine rings is 1. The molecule has 8 nitrogen and oxygen atoms in total. The number of fused-ring (bicyclic) bond motifs is 1. The summed E-state index contributed by atoms with van der Waals surface area (Å²) in [5.41, 5.74) is 3.18. The van der Waals surface area contributed by atoms with Crippen LogP contribution in [0.15, 0.2) is 36.5 Å². The second kappa shape index (κ2) is 9.20. The van der Waals surface area contributed by atoms with Gasteiger partial charge in [-0.15, -0.1) is 0 Å². The number of nitrogens with zero attached hydrogens (tertiary/aromatic N) is 4. The van der Waals surface area contributed by atoms with Gasteiger partial charge in [-0.25, -0.2) is 14.8 Å². The van der Waals surface area contributed by atoms with Crippen molar-refractivity contribution in [3.63, 3.8) is 0 Å². The molecule has 0 aliphatic carbocycles. The number of carbonyl (C=O) groups is 1. The second-order valence-corrected chi connectivity index (χ2v) is 8.35. The molecule has 1 unspecified atom stereocenters. The van der Waals surface area contributed by atoms with Crippen molar-refractivity contribution < 1.29 is 14.3 Å². The van der Waals surface area contributed by atoms with Crippen molar-refractivity contribution in [1.82, 2.24) is 19.8 Å². The molecule has 4 heterocycles. The molecule has 3 aliphatic heterocycles. The van der Waals surface area contributed by atoms with E-state index in [0.717, 1.165) is 49.3 Å². The first kappa shape index (κ1) is 20.2. The van der Waals surface area contributed by atoms with Crippen LogP contribution in [-0.4, -0.2) is 71.4 Å². The lowest BCUT2D eigenvalue weighted by Crippen LogP contribution is -2.51. The molecule has 1 aromatic heterocycles. The normalized spacial score (nSPS) is 22.1. The molecule has 0 bridgehead atoms. The van der Waals surface area contributed by atoms with Crippen LogP contribution >= 0.6 is 0 Å². The van der Waals surface area contributed by atoms with Crippen LogP contribution in [-0.2, 0) is 22.4 Å². The third kappa shape index (κ3) is 4.50. The molecule has 8 heteroatoms. The van der Waals surface area contributed by atoms with Crippen LogP contribution in [0.5, 0.6) is 0 Å². The molecule has 164 valence electrons. The van der Waals surface area contributed by atoms with E-state index >= 15 is 0 Å². The fourth-order valence-electron chi connectivity index (χ4n) is 4.53. The topological polar surface area (TPSA) is 79.8 Å². The van der Waals surface area contributed by atoms with E-state index in [1.807, 2.05) is 34.2 Å². The largest absolute Gasteiger partial charge is 0.381 e. The Morgan fingerprint density at radius 1 is 1.06 bits per heavy atom. The van der Waals surface area contributed by atoms with Crippen LogP contribution in [0.1, 0.15) is 35.7 Å². The van der Waals surface area contributed by atoms with Crippen molar-refractivity contribution in [3.05, 3.63) is 53.3 Å². The summed E-state index contributed by atoms with van der Waals surface area (Å²) in [5.74, 6) is 0.647. The van der Waals surface area contributed by atoms with E-state index in [2.05, 4.69) is 22.4 Å². The zero-order valence-electron chi connectivity index (χ0n) is 17.7. The first-order chi connectivity index (χ1) is 15.3. The molecule has 2 aromatic rings. The number of ether oxygens (including phenoxy) is 2. The molecule has 0 radical (unpaired) electrons. The molecule has 31 heavy (non-hydrogen) atoms. The lowest BCUT2D eigenvalue weighted by Gasteiger charge is -2.40. The predicted octanol–water partition coefficient (Wildman–Crippen LogP) is 2.62. The summed E-state index contributed by atoms with van der Waals surface area (Å²) in [5, 5.41) is 3.43. The molecule has 2 saturated heterocycles. The standard InChI is InChI=1S/C23H29N5O3/c29-23(28-10-13-31-16-21(28)17-4-2-1-3-5-17)27-9-6-18-14-24-22(26-20(18)15-27)25-19-7-11-30-12-8-19/h1-5,14,19,21H,6-13,15-16H2,(H,24,25,26). The minimum atomic E-state index is -0.0556. The molecular weight excluding hydrogens is 394 g/mol. The van der Waals surface area contributed by atoms with E-state index in [0.29, 0.717) is 44.8 Å². The smallest absolute Gasteiger partial charge is 0.321 e. The predicted molar refractivity (Wildman–Crippen MR) is 116 cm³/mol. The molecular formula is C23H29N5O3. The van der Waals surface area contributed by atoms with Gasteiger partial charge < -0.3 is 24.6 Å². The van der Waals surface area contributed by atoms with E-state index < -0.39 is 0 Å². The molecule has 1 N–H and O–H groups in total. The Hall–Kier alpha value is -2.71. The first-order valence-corrected chi connectivity index (χ1v) is 11.2. The van der Waals surface area contributed by atoms with Crippen LogP contribution in [0.25, 0.3) is 0 Å². The van der Waals surface area contributed by atoms with Crippen molar-refractivity contribution in [2.75, 3.05) is 44.8 Å². The lowest BCUT2D eigenvalue weighted by molar-refractivity contribution is 0.00208. The monoisotopic (exact) mass is 423 g/mol. The van der Waals surface area contributed by atoms with Gasteiger partial charge in [-0.2, -0.15) is 0 Å². The van der Waals surface area contributed by atoms with E-state index in [-0.39, 0.29) is 12.1 Å². The number of hydrogen-bond donors (Lipinski definition) is 1. The lowest BCUT2D eigenvalue weighted by atomic mass is 10.0. The number of urea groups is 1. The highest BCUT2D eigenvalue weighted by atomic mass is 16.5. The second-order valence-electron chi connectivity index (χ2n) is 8.35. The minimum Gasteiger partial charge on any atom is -0.381 e. The zero-order valence-corrected chi connectivity index (χ0v) is 17.7. The van der Waals surface area contributed by atoms with Crippen molar-refractivity contribution in [3.8, 4) is 0 Å². The maximum Gasteiger partial charge on any atom is 0.321 e. The number of benzene rings is 1. The van der Waals surface area contributed by atoms with Crippen LogP contribution in [0.2, 0.25) is 0 Å². The van der Waals surface area contributed by atoms with Gasteiger partial charge in [0, 0.05) is 38.5 Å². The Labute approximate surface area is 182 Å². The molecule has 5 rings (SSSR count). The van der Waals surface area contributed by atoms with Gasteiger partial charge in [-0.3, -0.25) is 0 Å². The molecule has 1 aromatic carbocycles. The van der Waals surface area contributed by atoms with Crippen LogP contribution in [0.4, 0.5) is 10.7 Å².